The zero-order chi connectivity index (χ0) is 13.6. The van der Waals surface area contributed by atoms with Crippen molar-refractivity contribution in [2.45, 2.75) is 46.5 Å². The van der Waals surface area contributed by atoms with E-state index in [4.69, 9.17) is 0 Å². The van der Waals surface area contributed by atoms with Crippen molar-refractivity contribution in [1.29, 1.82) is 0 Å². The molecule has 1 N–H and O–H groups in total. The first-order chi connectivity index (χ1) is 8.90. The van der Waals surface area contributed by atoms with Crippen molar-refractivity contribution < 1.29 is 0 Å². The fourth-order valence-electron chi connectivity index (χ4n) is 2.45. The van der Waals surface area contributed by atoms with Gasteiger partial charge in [0.2, 0.25) is 0 Å². The fourth-order valence-corrected chi connectivity index (χ4v) is 2.45. The molecule has 2 heterocycles. The number of fused-ring (bicyclic) bond motifs is 1. The minimum Gasteiger partial charge on any atom is -0.276 e. The summed E-state index contributed by atoms with van der Waals surface area (Å²) in [5.41, 5.74) is 2.04. The van der Waals surface area contributed by atoms with Crippen molar-refractivity contribution in [2.75, 3.05) is 0 Å². The zero-order valence-corrected chi connectivity index (χ0v) is 11.9. The van der Waals surface area contributed by atoms with Crippen LogP contribution in [-0.2, 0) is 12.8 Å². The van der Waals surface area contributed by atoms with E-state index in [1.807, 2.05) is 6.07 Å². The molecule has 1 fully saturated rings. The monoisotopic (exact) mass is 259 g/mol. The van der Waals surface area contributed by atoms with Gasteiger partial charge in [-0.25, -0.2) is 9.50 Å². The summed E-state index contributed by atoms with van der Waals surface area (Å²) >= 11 is 0. The van der Waals surface area contributed by atoms with Gasteiger partial charge >= 0.3 is 0 Å². The second-order valence-electron chi connectivity index (χ2n) is 6.95. The standard InChI is InChI=1S/C15H21N3O/c1-15(2,3)9-12-16-13-7-11(6-10-4-5-10)8-14(19)18(13)17-12/h7-8,10H,4-6,9H2,1-3H3,(H,16,17). The lowest BCUT2D eigenvalue weighted by atomic mass is 9.92. The molecule has 0 bridgehead atoms. The molecule has 102 valence electrons. The van der Waals surface area contributed by atoms with Crippen LogP contribution in [0.25, 0.3) is 5.65 Å². The van der Waals surface area contributed by atoms with Gasteiger partial charge in [0.05, 0.1) is 0 Å². The number of aromatic amines is 1. The molecule has 0 radical (unpaired) electrons. The molecule has 2 aromatic heterocycles. The summed E-state index contributed by atoms with van der Waals surface area (Å²) in [5.74, 6) is 1.67. The highest BCUT2D eigenvalue weighted by Gasteiger charge is 2.22. The van der Waals surface area contributed by atoms with Gasteiger partial charge in [0.1, 0.15) is 5.82 Å². The molecule has 4 heteroatoms. The smallest absolute Gasteiger partial charge is 0.271 e. The van der Waals surface area contributed by atoms with Crippen molar-refractivity contribution in [3.8, 4) is 0 Å². The molecule has 0 atom stereocenters. The summed E-state index contributed by atoms with van der Waals surface area (Å²) in [6.45, 7) is 6.50. The molecule has 3 rings (SSSR count). The summed E-state index contributed by atoms with van der Waals surface area (Å²) in [6, 6.07) is 3.78. The highest BCUT2D eigenvalue weighted by Crippen LogP contribution is 2.32. The Balaban J connectivity index is 1.96. The quantitative estimate of drug-likeness (QED) is 0.921. The van der Waals surface area contributed by atoms with Crippen LogP contribution in [0.3, 0.4) is 0 Å². The van der Waals surface area contributed by atoms with E-state index >= 15 is 0 Å². The molecule has 0 aromatic carbocycles. The Hall–Kier alpha value is -1.58. The van der Waals surface area contributed by atoms with Gasteiger partial charge in [0.15, 0.2) is 5.65 Å². The maximum Gasteiger partial charge on any atom is 0.271 e. The first-order valence-electron chi connectivity index (χ1n) is 7.01. The van der Waals surface area contributed by atoms with Crippen LogP contribution in [0.15, 0.2) is 16.9 Å². The number of H-pyrrole nitrogens is 1. The van der Waals surface area contributed by atoms with E-state index in [1.165, 1.54) is 12.8 Å². The Morgan fingerprint density at radius 2 is 2.11 bits per heavy atom. The molecule has 0 amide bonds. The third kappa shape index (κ3) is 2.88. The van der Waals surface area contributed by atoms with E-state index < -0.39 is 0 Å². The van der Waals surface area contributed by atoms with Gasteiger partial charge in [0, 0.05) is 12.5 Å². The Kier molecular flexibility index (Phi) is 2.77. The third-order valence-electron chi connectivity index (χ3n) is 3.48. The van der Waals surface area contributed by atoms with Gasteiger partial charge in [-0.1, -0.05) is 20.8 Å². The molecule has 0 spiro atoms. The molecular formula is C15H21N3O. The third-order valence-corrected chi connectivity index (χ3v) is 3.48. The number of pyridine rings is 1. The molecule has 0 aliphatic heterocycles. The van der Waals surface area contributed by atoms with E-state index in [2.05, 4.69) is 30.9 Å². The Bertz CT molecular complexity index is 656. The van der Waals surface area contributed by atoms with E-state index in [9.17, 15) is 4.79 Å². The van der Waals surface area contributed by atoms with Crippen molar-refractivity contribution >= 4 is 5.65 Å². The Labute approximate surface area is 112 Å². The largest absolute Gasteiger partial charge is 0.276 e. The van der Waals surface area contributed by atoms with Crippen LogP contribution < -0.4 is 5.56 Å². The molecule has 1 aliphatic rings. The number of nitrogens with zero attached hydrogens (tertiary/aromatic N) is 2. The van der Waals surface area contributed by atoms with Gasteiger partial charge < -0.3 is 0 Å². The van der Waals surface area contributed by atoms with Crippen LogP contribution >= 0.6 is 0 Å². The van der Waals surface area contributed by atoms with Crippen LogP contribution in [0.4, 0.5) is 0 Å². The lowest BCUT2D eigenvalue weighted by Gasteiger charge is -2.15. The summed E-state index contributed by atoms with van der Waals surface area (Å²) in [5, 5.41) is 3.11. The molecular weight excluding hydrogens is 238 g/mol. The van der Waals surface area contributed by atoms with Crippen LogP contribution in [0.1, 0.15) is 45.0 Å². The molecule has 4 nitrogen and oxygen atoms in total. The normalized spacial score (nSPS) is 16.2. The minimum atomic E-state index is 0.000749. The highest BCUT2D eigenvalue weighted by atomic mass is 16.1. The zero-order valence-electron chi connectivity index (χ0n) is 11.9. The van der Waals surface area contributed by atoms with E-state index in [0.29, 0.717) is 0 Å². The van der Waals surface area contributed by atoms with Gasteiger partial charge in [-0.3, -0.25) is 9.89 Å². The second kappa shape index (κ2) is 4.22. The maximum absolute atomic E-state index is 12.1. The molecule has 0 unspecified atom stereocenters. The SMILES string of the molecule is CC(C)(C)Cc1nc2cc(CC3CC3)cc(=O)n2[nH]1. The average Bonchev–Trinajstić information content (AvgIpc) is 2.96. The summed E-state index contributed by atoms with van der Waals surface area (Å²) in [7, 11) is 0. The molecule has 0 saturated heterocycles. The van der Waals surface area contributed by atoms with Crippen molar-refractivity contribution in [3.05, 3.63) is 33.9 Å². The fraction of sp³-hybridized carbons (Fsp3) is 0.600. The van der Waals surface area contributed by atoms with E-state index in [1.54, 1.807) is 10.6 Å². The molecule has 1 aliphatic carbocycles. The predicted octanol–water partition coefficient (Wildman–Crippen LogP) is 2.56. The molecule has 1 saturated carbocycles. The minimum absolute atomic E-state index is 0.000749. The first-order valence-corrected chi connectivity index (χ1v) is 7.01. The van der Waals surface area contributed by atoms with Crippen LogP contribution in [0.2, 0.25) is 0 Å². The van der Waals surface area contributed by atoms with Gasteiger partial charge in [-0.2, -0.15) is 0 Å². The predicted molar refractivity (Wildman–Crippen MR) is 75.4 cm³/mol. The van der Waals surface area contributed by atoms with E-state index in [-0.39, 0.29) is 11.0 Å². The number of rotatable bonds is 3. The van der Waals surface area contributed by atoms with Gasteiger partial charge in [-0.15, -0.1) is 0 Å². The number of nitrogens with one attached hydrogen (secondary N) is 1. The number of hydrogen-bond donors (Lipinski definition) is 1. The molecule has 2 aromatic rings. The van der Waals surface area contributed by atoms with Crippen LogP contribution in [0.5, 0.6) is 0 Å². The van der Waals surface area contributed by atoms with Crippen molar-refractivity contribution in [1.82, 2.24) is 14.6 Å². The number of hydrogen-bond acceptors (Lipinski definition) is 2. The van der Waals surface area contributed by atoms with Crippen molar-refractivity contribution in [3.63, 3.8) is 0 Å². The van der Waals surface area contributed by atoms with Gasteiger partial charge in [0.25, 0.3) is 5.56 Å². The summed E-state index contributed by atoms with van der Waals surface area (Å²) < 4.78 is 1.55. The van der Waals surface area contributed by atoms with Crippen LogP contribution in [-0.4, -0.2) is 14.6 Å². The van der Waals surface area contributed by atoms with Gasteiger partial charge in [-0.05, 0) is 42.2 Å². The lowest BCUT2D eigenvalue weighted by molar-refractivity contribution is 0.400. The highest BCUT2D eigenvalue weighted by molar-refractivity contribution is 5.41. The van der Waals surface area contributed by atoms with Crippen LogP contribution in [0, 0.1) is 11.3 Å². The lowest BCUT2D eigenvalue weighted by Crippen LogP contribution is -2.15. The first kappa shape index (κ1) is 12.5. The van der Waals surface area contributed by atoms with Crippen molar-refractivity contribution in [2.24, 2.45) is 11.3 Å². The van der Waals surface area contributed by atoms with E-state index in [0.717, 1.165) is 35.8 Å². The second-order valence-corrected chi connectivity index (χ2v) is 6.95. The Morgan fingerprint density at radius 1 is 1.37 bits per heavy atom. The Morgan fingerprint density at radius 3 is 2.74 bits per heavy atom. The average molecular weight is 259 g/mol. The number of aromatic nitrogens is 3. The maximum atomic E-state index is 12.1. The topological polar surface area (TPSA) is 50.2 Å². The molecule has 19 heavy (non-hydrogen) atoms. The summed E-state index contributed by atoms with van der Waals surface area (Å²) in [6.07, 6.45) is 4.46. The summed E-state index contributed by atoms with van der Waals surface area (Å²) in [4.78, 5) is 16.6.